The van der Waals surface area contributed by atoms with Crippen LogP contribution in [0.15, 0.2) is 24.3 Å². The zero-order chi connectivity index (χ0) is 9.90. The molecule has 1 aromatic carbocycles. The fourth-order valence-electron chi connectivity index (χ4n) is 0.870. The maximum absolute atomic E-state index is 11.4. The van der Waals surface area contributed by atoms with Crippen molar-refractivity contribution in [1.82, 2.24) is 0 Å². The van der Waals surface area contributed by atoms with E-state index in [0.717, 1.165) is 11.4 Å². The molecule has 0 fully saturated rings. The van der Waals surface area contributed by atoms with Gasteiger partial charge in [0, 0.05) is 5.30 Å². The molecule has 0 spiro atoms. The Morgan fingerprint density at radius 1 is 1.36 bits per heavy atom. The molecule has 0 bridgehead atoms. The molecule has 1 rings (SSSR count). The molecule has 3 nitrogen and oxygen atoms in total. The molecule has 0 radical (unpaired) electrons. The molecule has 0 amide bonds. The van der Waals surface area contributed by atoms with E-state index in [0.29, 0.717) is 11.1 Å². The molecule has 0 aliphatic rings. The average Bonchev–Trinajstić information content (AvgIpc) is 2.18. The first-order chi connectivity index (χ1) is 6.10. The van der Waals surface area contributed by atoms with Crippen LogP contribution in [-0.2, 0) is 4.57 Å². The third-order valence-corrected chi connectivity index (χ3v) is 5.11. The van der Waals surface area contributed by atoms with Crippen molar-refractivity contribution in [1.29, 1.82) is 0 Å². The largest absolute Gasteiger partial charge is 1.00 e. The number of ether oxygens (including phenoxy) is 1. The van der Waals surface area contributed by atoms with E-state index in [1.807, 2.05) is 0 Å². The van der Waals surface area contributed by atoms with Crippen molar-refractivity contribution in [2.45, 2.75) is 0 Å². The number of hydrogen-bond donors (Lipinski definition) is 0. The standard InChI is InChI=1S/C8H11O3PS.K/c1-11-7-3-5-8(6-4-7)12(9,10)13-2;/h3-6H,1-2H3,(H,9,10);/q;+1/p-1. The molecule has 1 unspecified atom stereocenters. The first-order valence-corrected chi connectivity index (χ1v) is 7.07. The van der Waals surface area contributed by atoms with Crippen molar-refractivity contribution in [3.05, 3.63) is 24.3 Å². The summed E-state index contributed by atoms with van der Waals surface area (Å²) in [7, 11) is 1.54. The molecule has 0 aliphatic carbocycles. The second-order valence-corrected chi connectivity index (χ2v) is 6.79. The van der Waals surface area contributed by atoms with Gasteiger partial charge in [0.2, 0.25) is 0 Å². The van der Waals surface area contributed by atoms with Gasteiger partial charge >= 0.3 is 51.4 Å². The van der Waals surface area contributed by atoms with Crippen molar-refractivity contribution >= 4 is 23.3 Å². The first kappa shape index (κ1) is 15.2. The van der Waals surface area contributed by atoms with Crippen LogP contribution in [-0.4, -0.2) is 13.4 Å². The van der Waals surface area contributed by atoms with E-state index in [1.54, 1.807) is 37.6 Å². The Hall–Kier alpha value is 1.20. The summed E-state index contributed by atoms with van der Waals surface area (Å²) in [6.07, 6.45) is 1.55. The van der Waals surface area contributed by atoms with Crippen molar-refractivity contribution < 1.29 is 65.6 Å². The van der Waals surface area contributed by atoms with Gasteiger partial charge in [-0.3, -0.25) is 0 Å². The Kier molecular flexibility index (Phi) is 7.28. The van der Waals surface area contributed by atoms with Gasteiger partial charge in [-0.15, -0.1) is 11.4 Å². The van der Waals surface area contributed by atoms with E-state index in [1.165, 1.54) is 0 Å². The summed E-state index contributed by atoms with van der Waals surface area (Å²) in [5.74, 6) is 0.657. The molecule has 6 heteroatoms. The van der Waals surface area contributed by atoms with Crippen LogP contribution in [0.25, 0.3) is 0 Å². The SMILES string of the molecule is COc1ccc(P(=O)([O-])SC)cc1.[K+]. The van der Waals surface area contributed by atoms with Crippen LogP contribution in [0.5, 0.6) is 5.75 Å². The molecule has 14 heavy (non-hydrogen) atoms. The molecular weight excluding hydrogens is 246 g/mol. The molecule has 0 N–H and O–H groups in total. The van der Waals surface area contributed by atoms with Gasteiger partial charge in [0.1, 0.15) is 5.75 Å². The van der Waals surface area contributed by atoms with E-state index in [4.69, 9.17) is 4.74 Å². The van der Waals surface area contributed by atoms with Crippen LogP contribution in [0.2, 0.25) is 0 Å². The minimum absolute atomic E-state index is 0. The minimum Gasteiger partial charge on any atom is -0.788 e. The fraction of sp³-hybridized carbons (Fsp3) is 0.250. The number of methoxy groups -OCH3 is 1. The van der Waals surface area contributed by atoms with Crippen molar-refractivity contribution in [2.75, 3.05) is 13.4 Å². The zero-order valence-corrected chi connectivity index (χ0v) is 13.2. The predicted octanol–water partition coefficient (Wildman–Crippen LogP) is -1.76. The van der Waals surface area contributed by atoms with Crippen molar-refractivity contribution in [2.24, 2.45) is 0 Å². The smallest absolute Gasteiger partial charge is 0.788 e. The van der Waals surface area contributed by atoms with Crippen LogP contribution >= 0.6 is 18.0 Å². The summed E-state index contributed by atoms with van der Waals surface area (Å²) in [5.41, 5.74) is 0. The zero-order valence-electron chi connectivity index (χ0n) is 8.39. The van der Waals surface area contributed by atoms with Gasteiger partial charge < -0.3 is 14.2 Å². The molecule has 1 aromatic rings. The predicted molar refractivity (Wildman–Crippen MR) is 53.7 cm³/mol. The molecule has 0 aliphatic heterocycles. The maximum atomic E-state index is 11.4. The van der Waals surface area contributed by atoms with E-state index in [2.05, 4.69) is 0 Å². The van der Waals surface area contributed by atoms with Crippen LogP contribution in [0.4, 0.5) is 0 Å². The summed E-state index contributed by atoms with van der Waals surface area (Å²) in [6, 6.07) is 6.36. The van der Waals surface area contributed by atoms with Crippen LogP contribution in [0, 0.1) is 0 Å². The normalized spacial score (nSPS) is 13.9. The van der Waals surface area contributed by atoms with Gasteiger partial charge in [0.25, 0.3) is 0 Å². The number of hydrogen-bond acceptors (Lipinski definition) is 4. The molecular formula is C8H10KO3PS. The number of benzene rings is 1. The Morgan fingerprint density at radius 3 is 2.21 bits per heavy atom. The molecule has 0 aromatic heterocycles. The second-order valence-electron chi connectivity index (χ2n) is 2.38. The van der Waals surface area contributed by atoms with E-state index in [-0.39, 0.29) is 51.4 Å². The summed E-state index contributed by atoms with van der Waals surface area (Å²) in [6.45, 7) is -3.45. The average molecular weight is 256 g/mol. The van der Waals surface area contributed by atoms with E-state index < -0.39 is 6.57 Å². The van der Waals surface area contributed by atoms with Gasteiger partial charge in [-0.05, 0) is 30.5 Å². The maximum Gasteiger partial charge on any atom is 1.00 e. The summed E-state index contributed by atoms with van der Waals surface area (Å²) in [5, 5.41) is 0.334. The van der Waals surface area contributed by atoms with E-state index >= 15 is 0 Å². The van der Waals surface area contributed by atoms with Crippen molar-refractivity contribution in [3.63, 3.8) is 0 Å². The van der Waals surface area contributed by atoms with Gasteiger partial charge in [-0.1, -0.05) is 0 Å². The van der Waals surface area contributed by atoms with Gasteiger partial charge in [-0.25, -0.2) is 0 Å². The van der Waals surface area contributed by atoms with E-state index in [9.17, 15) is 9.46 Å². The van der Waals surface area contributed by atoms with Crippen LogP contribution in [0.3, 0.4) is 0 Å². The monoisotopic (exact) mass is 256 g/mol. The molecule has 72 valence electrons. The Labute approximate surface area is 130 Å². The van der Waals surface area contributed by atoms with Gasteiger partial charge in [-0.2, -0.15) is 0 Å². The quantitative estimate of drug-likeness (QED) is 0.475. The molecule has 0 heterocycles. The Bertz CT molecular complexity index is 328. The fourth-order valence-corrected chi connectivity index (χ4v) is 2.59. The van der Waals surface area contributed by atoms with Crippen LogP contribution in [0.1, 0.15) is 0 Å². The first-order valence-electron chi connectivity index (χ1n) is 3.61. The minimum atomic E-state index is -3.45. The summed E-state index contributed by atoms with van der Waals surface area (Å²) < 4.78 is 16.3. The van der Waals surface area contributed by atoms with Crippen molar-refractivity contribution in [3.8, 4) is 5.75 Å². The van der Waals surface area contributed by atoms with Crippen LogP contribution < -0.4 is 66.3 Å². The third-order valence-electron chi connectivity index (χ3n) is 1.63. The number of rotatable bonds is 3. The molecule has 0 saturated carbocycles. The Morgan fingerprint density at radius 2 is 1.86 bits per heavy atom. The summed E-state index contributed by atoms with van der Waals surface area (Å²) >= 11 is 0.853. The van der Waals surface area contributed by atoms with Gasteiger partial charge in [0.15, 0.2) is 0 Å². The third kappa shape index (κ3) is 3.98. The van der Waals surface area contributed by atoms with Gasteiger partial charge in [0.05, 0.1) is 13.7 Å². The topological polar surface area (TPSA) is 49.4 Å². The molecule has 1 atom stereocenters. The Balaban J connectivity index is 0.00000169. The molecule has 0 saturated heterocycles. The summed E-state index contributed by atoms with van der Waals surface area (Å²) in [4.78, 5) is 11.4. The second kappa shape index (κ2) is 6.71.